The average molecular weight is 239 g/mol. The lowest BCUT2D eigenvalue weighted by molar-refractivity contribution is -0.103. The first kappa shape index (κ1) is 15.7. The van der Waals surface area contributed by atoms with Crippen molar-refractivity contribution < 1.29 is 29.9 Å². The van der Waals surface area contributed by atoms with Crippen LogP contribution in [0.3, 0.4) is 0 Å². The zero-order valence-electron chi connectivity index (χ0n) is 9.16. The summed E-state index contributed by atoms with van der Waals surface area (Å²) in [5.41, 5.74) is 5.19. The molecule has 0 aromatic carbocycles. The molecule has 0 rings (SSSR count). The molecule has 0 aliphatic rings. The molecular formula is C9H21NO6. The van der Waals surface area contributed by atoms with Gasteiger partial charge in [0, 0.05) is 6.54 Å². The minimum absolute atomic E-state index is 0.135. The monoisotopic (exact) mass is 239 g/mol. The molecule has 0 saturated heterocycles. The van der Waals surface area contributed by atoms with Crippen LogP contribution in [0.4, 0.5) is 0 Å². The number of aliphatic hydroxyl groups excluding tert-OH is 4. The summed E-state index contributed by atoms with van der Waals surface area (Å²) in [5.74, 6) is 0. The van der Waals surface area contributed by atoms with E-state index in [1.165, 1.54) is 0 Å². The minimum atomic E-state index is -1.42. The standard InChI is InChI=1S/C9H21NO6/c10-1-2-15-3-4-16-6-8(13)9(14)7(12)5-11/h7-9,11-14H,1-6,10H2. The Morgan fingerprint density at radius 1 is 0.938 bits per heavy atom. The molecular weight excluding hydrogens is 218 g/mol. The van der Waals surface area contributed by atoms with Crippen molar-refractivity contribution in [2.45, 2.75) is 18.3 Å². The topological polar surface area (TPSA) is 125 Å². The summed E-state index contributed by atoms with van der Waals surface area (Å²) in [6.07, 6.45) is -4.03. The van der Waals surface area contributed by atoms with Crippen LogP contribution < -0.4 is 5.73 Å². The third kappa shape index (κ3) is 7.07. The molecule has 7 heteroatoms. The fourth-order valence-corrected chi connectivity index (χ4v) is 0.970. The SMILES string of the molecule is NCCOCCOCC(O)C(O)C(O)CO. The maximum Gasteiger partial charge on any atom is 0.110 e. The van der Waals surface area contributed by atoms with Gasteiger partial charge >= 0.3 is 0 Å². The molecule has 0 aromatic rings. The summed E-state index contributed by atoms with van der Waals surface area (Å²) in [7, 11) is 0. The van der Waals surface area contributed by atoms with E-state index >= 15 is 0 Å². The zero-order chi connectivity index (χ0) is 12.4. The van der Waals surface area contributed by atoms with Gasteiger partial charge in [0.15, 0.2) is 0 Å². The second-order valence-electron chi connectivity index (χ2n) is 3.28. The minimum Gasteiger partial charge on any atom is -0.394 e. The van der Waals surface area contributed by atoms with Crippen LogP contribution in [-0.4, -0.2) is 78.3 Å². The van der Waals surface area contributed by atoms with E-state index in [1.54, 1.807) is 0 Å². The lowest BCUT2D eigenvalue weighted by Crippen LogP contribution is -2.42. The van der Waals surface area contributed by atoms with Crippen LogP contribution in [0.25, 0.3) is 0 Å². The molecule has 0 radical (unpaired) electrons. The first-order valence-electron chi connectivity index (χ1n) is 5.14. The smallest absolute Gasteiger partial charge is 0.110 e. The Labute approximate surface area is 94.4 Å². The summed E-state index contributed by atoms with van der Waals surface area (Å²) in [4.78, 5) is 0. The molecule has 16 heavy (non-hydrogen) atoms. The molecule has 0 fully saturated rings. The van der Waals surface area contributed by atoms with Crippen molar-refractivity contribution in [3.63, 3.8) is 0 Å². The molecule has 0 heterocycles. The molecule has 3 atom stereocenters. The zero-order valence-corrected chi connectivity index (χ0v) is 9.16. The summed E-state index contributed by atoms with van der Waals surface area (Å²) in [6.45, 7) is 0.741. The summed E-state index contributed by atoms with van der Waals surface area (Å²) < 4.78 is 10.00. The highest BCUT2D eigenvalue weighted by Crippen LogP contribution is 2.00. The van der Waals surface area contributed by atoms with E-state index in [4.69, 9.17) is 25.4 Å². The van der Waals surface area contributed by atoms with Crippen LogP contribution in [0, 0.1) is 0 Å². The van der Waals surface area contributed by atoms with Crippen molar-refractivity contribution in [3.05, 3.63) is 0 Å². The van der Waals surface area contributed by atoms with Crippen molar-refractivity contribution >= 4 is 0 Å². The average Bonchev–Trinajstić information content (AvgIpc) is 2.31. The van der Waals surface area contributed by atoms with Gasteiger partial charge in [0.25, 0.3) is 0 Å². The predicted octanol–water partition coefficient (Wildman–Crippen LogP) is -2.95. The van der Waals surface area contributed by atoms with Crippen LogP contribution in [-0.2, 0) is 9.47 Å². The van der Waals surface area contributed by atoms with Gasteiger partial charge in [-0.1, -0.05) is 0 Å². The van der Waals surface area contributed by atoms with Crippen LogP contribution in [0.15, 0.2) is 0 Å². The Morgan fingerprint density at radius 2 is 1.56 bits per heavy atom. The van der Waals surface area contributed by atoms with E-state index in [1.807, 2.05) is 0 Å². The van der Waals surface area contributed by atoms with Gasteiger partial charge in [-0.25, -0.2) is 0 Å². The van der Waals surface area contributed by atoms with Gasteiger partial charge in [0.2, 0.25) is 0 Å². The normalized spacial score (nSPS) is 17.1. The third-order valence-corrected chi connectivity index (χ3v) is 1.90. The second-order valence-corrected chi connectivity index (χ2v) is 3.28. The van der Waals surface area contributed by atoms with Gasteiger partial charge in [-0.3, -0.25) is 0 Å². The van der Waals surface area contributed by atoms with Crippen molar-refractivity contribution in [2.24, 2.45) is 5.73 Å². The van der Waals surface area contributed by atoms with E-state index in [2.05, 4.69) is 0 Å². The highest BCUT2D eigenvalue weighted by atomic mass is 16.5. The van der Waals surface area contributed by atoms with Crippen LogP contribution in [0.5, 0.6) is 0 Å². The summed E-state index contributed by atoms with van der Waals surface area (Å²) in [6, 6.07) is 0. The second kappa shape index (κ2) is 9.91. The molecule has 0 aliphatic heterocycles. The number of rotatable bonds is 10. The molecule has 0 amide bonds. The number of hydrogen-bond donors (Lipinski definition) is 5. The highest BCUT2D eigenvalue weighted by Gasteiger charge is 2.23. The van der Waals surface area contributed by atoms with Crippen LogP contribution in [0.2, 0.25) is 0 Å². The molecule has 3 unspecified atom stereocenters. The van der Waals surface area contributed by atoms with Crippen LogP contribution in [0.1, 0.15) is 0 Å². The van der Waals surface area contributed by atoms with Gasteiger partial charge < -0.3 is 35.6 Å². The van der Waals surface area contributed by atoms with E-state index < -0.39 is 24.9 Å². The van der Waals surface area contributed by atoms with Crippen LogP contribution >= 0.6 is 0 Å². The first-order valence-corrected chi connectivity index (χ1v) is 5.14. The van der Waals surface area contributed by atoms with Crippen molar-refractivity contribution in [3.8, 4) is 0 Å². The number of aliphatic hydroxyl groups is 4. The molecule has 0 aliphatic carbocycles. The molecule has 0 saturated carbocycles. The molecule has 0 spiro atoms. The lowest BCUT2D eigenvalue weighted by atomic mass is 10.1. The quantitative estimate of drug-likeness (QED) is 0.258. The van der Waals surface area contributed by atoms with Crippen molar-refractivity contribution in [2.75, 3.05) is 39.6 Å². The third-order valence-electron chi connectivity index (χ3n) is 1.90. The first-order chi connectivity index (χ1) is 7.63. The highest BCUT2D eigenvalue weighted by molar-refractivity contribution is 4.74. The molecule has 98 valence electrons. The number of nitrogens with two attached hydrogens (primary N) is 1. The maximum absolute atomic E-state index is 9.31. The van der Waals surface area contributed by atoms with Gasteiger partial charge in [0.1, 0.15) is 18.3 Å². The Bertz CT molecular complexity index is 159. The molecule has 0 bridgehead atoms. The Balaban J connectivity index is 3.45. The van der Waals surface area contributed by atoms with Crippen molar-refractivity contribution in [1.82, 2.24) is 0 Å². The predicted molar refractivity (Wildman–Crippen MR) is 55.8 cm³/mol. The largest absolute Gasteiger partial charge is 0.394 e. The molecule has 7 nitrogen and oxygen atoms in total. The van der Waals surface area contributed by atoms with Gasteiger partial charge in [-0.15, -0.1) is 0 Å². The Hall–Kier alpha value is -0.280. The Morgan fingerprint density at radius 3 is 2.12 bits per heavy atom. The fourth-order valence-electron chi connectivity index (χ4n) is 0.970. The van der Waals surface area contributed by atoms with Crippen molar-refractivity contribution in [1.29, 1.82) is 0 Å². The van der Waals surface area contributed by atoms with Gasteiger partial charge in [-0.2, -0.15) is 0 Å². The number of hydrogen-bond acceptors (Lipinski definition) is 7. The summed E-state index contributed by atoms with van der Waals surface area (Å²) >= 11 is 0. The van der Waals surface area contributed by atoms with Gasteiger partial charge in [-0.05, 0) is 0 Å². The van der Waals surface area contributed by atoms with E-state index in [0.717, 1.165) is 0 Å². The summed E-state index contributed by atoms with van der Waals surface area (Å²) in [5, 5.41) is 36.1. The van der Waals surface area contributed by atoms with Gasteiger partial charge in [0.05, 0.1) is 33.0 Å². The maximum atomic E-state index is 9.31. The molecule has 6 N–H and O–H groups in total. The molecule has 0 aromatic heterocycles. The number of ether oxygens (including phenoxy) is 2. The fraction of sp³-hybridized carbons (Fsp3) is 1.00. The van der Waals surface area contributed by atoms with E-state index in [-0.39, 0.29) is 13.2 Å². The lowest BCUT2D eigenvalue weighted by Gasteiger charge is -2.21. The Kier molecular flexibility index (Phi) is 9.74. The van der Waals surface area contributed by atoms with E-state index in [9.17, 15) is 10.2 Å². The van der Waals surface area contributed by atoms with E-state index in [0.29, 0.717) is 19.8 Å².